The summed E-state index contributed by atoms with van der Waals surface area (Å²) >= 11 is 0. The molecule has 0 aliphatic heterocycles. The molecule has 0 amide bonds. The van der Waals surface area contributed by atoms with Crippen LogP contribution in [0.25, 0.3) is 11.4 Å². The van der Waals surface area contributed by atoms with Crippen molar-refractivity contribution in [3.05, 3.63) is 47.0 Å². The lowest BCUT2D eigenvalue weighted by atomic mass is 10.2. The van der Waals surface area contributed by atoms with Crippen LogP contribution in [0.2, 0.25) is 0 Å². The summed E-state index contributed by atoms with van der Waals surface area (Å²) in [5.74, 6) is 1.46. The van der Waals surface area contributed by atoms with Gasteiger partial charge in [0.1, 0.15) is 18.6 Å². The maximum Gasteiger partial charge on any atom is 0.345 e. The Bertz CT molecular complexity index is 817. The van der Waals surface area contributed by atoms with E-state index in [4.69, 9.17) is 9.26 Å². The molecule has 2 aromatic heterocycles. The lowest BCUT2D eigenvalue weighted by molar-refractivity contribution is 0.363. The smallest absolute Gasteiger partial charge is 0.345 e. The first-order valence-corrected chi connectivity index (χ1v) is 6.23. The summed E-state index contributed by atoms with van der Waals surface area (Å²) in [7, 11) is 3.22. The van der Waals surface area contributed by atoms with Gasteiger partial charge in [-0.2, -0.15) is 10.1 Å². The van der Waals surface area contributed by atoms with Gasteiger partial charge in [-0.05, 0) is 12.1 Å². The molecule has 0 saturated heterocycles. The second-order valence-electron chi connectivity index (χ2n) is 4.43. The van der Waals surface area contributed by atoms with Gasteiger partial charge in [-0.3, -0.25) is 4.57 Å². The number of aryl methyl sites for hydroxylation is 1. The van der Waals surface area contributed by atoms with Crippen LogP contribution < -0.4 is 10.4 Å². The molecular weight excluding hydrogens is 274 g/mol. The molecule has 0 N–H and O–H groups in total. The zero-order valence-corrected chi connectivity index (χ0v) is 11.6. The van der Waals surface area contributed by atoms with Crippen LogP contribution in [0, 0.1) is 0 Å². The Labute approximate surface area is 119 Å². The van der Waals surface area contributed by atoms with E-state index in [9.17, 15) is 4.79 Å². The third-order valence-electron chi connectivity index (χ3n) is 2.97. The largest absolute Gasteiger partial charge is 0.497 e. The molecule has 21 heavy (non-hydrogen) atoms. The zero-order chi connectivity index (χ0) is 14.8. The van der Waals surface area contributed by atoms with Crippen LogP contribution in [0.15, 0.2) is 39.9 Å². The molecular formula is C13H13N5O3. The van der Waals surface area contributed by atoms with E-state index in [1.165, 1.54) is 15.6 Å². The number of ether oxygens (including phenoxy) is 1. The van der Waals surface area contributed by atoms with Crippen LogP contribution >= 0.6 is 0 Å². The number of hydrogen-bond acceptors (Lipinski definition) is 6. The Morgan fingerprint density at radius 1 is 1.38 bits per heavy atom. The lowest BCUT2D eigenvalue weighted by Gasteiger charge is -1.99. The van der Waals surface area contributed by atoms with Crippen molar-refractivity contribution in [1.29, 1.82) is 0 Å². The monoisotopic (exact) mass is 287 g/mol. The van der Waals surface area contributed by atoms with Gasteiger partial charge in [-0.1, -0.05) is 17.3 Å². The van der Waals surface area contributed by atoms with E-state index in [2.05, 4.69) is 15.2 Å². The Morgan fingerprint density at radius 2 is 2.24 bits per heavy atom. The molecule has 0 unspecified atom stereocenters. The van der Waals surface area contributed by atoms with Gasteiger partial charge in [-0.15, -0.1) is 0 Å². The molecule has 0 spiro atoms. The fourth-order valence-corrected chi connectivity index (χ4v) is 1.86. The van der Waals surface area contributed by atoms with E-state index in [-0.39, 0.29) is 12.2 Å². The number of nitrogens with zero attached hydrogens (tertiary/aromatic N) is 5. The van der Waals surface area contributed by atoms with Gasteiger partial charge >= 0.3 is 5.69 Å². The van der Waals surface area contributed by atoms with Gasteiger partial charge in [0.15, 0.2) is 0 Å². The van der Waals surface area contributed by atoms with Crippen molar-refractivity contribution < 1.29 is 9.26 Å². The molecule has 1 aromatic carbocycles. The minimum atomic E-state index is -0.240. The zero-order valence-electron chi connectivity index (χ0n) is 11.6. The standard InChI is InChI=1S/C13H13N5O3/c1-17-8-14-18(13(17)19)7-11-15-12(16-21-11)9-4-3-5-10(6-9)20-2/h3-6,8H,7H2,1-2H3. The van der Waals surface area contributed by atoms with Crippen molar-refractivity contribution in [1.82, 2.24) is 24.5 Å². The second-order valence-corrected chi connectivity index (χ2v) is 4.43. The molecule has 0 radical (unpaired) electrons. The SMILES string of the molecule is COc1cccc(-c2noc(Cn3ncn(C)c3=O)n2)c1. The first-order valence-electron chi connectivity index (χ1n) is 6.23. The predicted octanol–water partition coefficient (Wildman–Crippen LogP) is 0.689. The number of benzene rings is 1. The van der Waals surface area contributed by atoms with Crippen LogP contribution in [0.1, 0.15) is 5.89 Å². The van der Waals surface area contributed by atoms with Crippen molar-refractivity contribution in [2.75, 3.05) is 7.11 Å². The maximum atomic E-state index is 11.7. The Hall–Kier alpha value is -2.90. The van der Waals surface area contributed by atoms with Gasteiger partial charge in [-0.25, -0.2) is 9.48 Å². The van der Waals surface area contributed by atoms with E-state index in [0.717, 1.165) is 5.56 Å². The highest BCUT2D eigenvalue weighted by atomic mass is 16.5. The fraction of sp³-hybridized carbons (Fsp3) is 0.231. The molecule has 108 valence electrons. The van der Waals surface area contributed by atoms with Crippen molar-refractivity contribution in [3.8, 4) is 17.1 Å². The molecule has 8 nitrogen and oxygen atoms in total. The molecule has 3 rings (SSSR count). The minimum Gasteiger partial charge on any atom is -0.497 e. The average molecular weight is 287 g/mol. The van der Waals surface area contributed by atoms with Gasteiger partial charge in [0.2, 0.25) is 11.7 Å². The van der Waals surface area contributed by atoms with E-state index in [0.29, 0.717) is 17.5 Å². The highest BCUT2D eigenvalue weighted by Crippen LogP contribution is 2.21. The van der Waals surface area contributed by atoms with Crippen molar-refractivity contribution >= 4 is 0 Å². The van der Waals surface area contributed by atoms with Crippen molar-refractivity contribution in [2.24, 2.45) is 7.05 Å². The van der Waals surface area contributed by atoms with E-state index in [1.54, 1.807) is 14.2 Å². The quantitative estimate of drug-likeness (QED) is 0.701. The summed E-state index contributed by atoms with van der Waals surface area (Å²) in [5.41, 5.74) is 0.536. The first kappa shape index (κ1) is 13.1. The summed E-state index contributed by atoms with van der Waals surface area (Å²) in [6.45, 7) is 0.136. The van der Waals surface area contributed by atoms with Crippen LogP contribution in [0.5, 0.6) is 5.75 Å². The Kier molecular flexibility index (Phi) is 3.27. The fourth-order valence-electron chi connectivity index (χ4n) is 1.86. The molecule has 3 aromatic rings. The normalized spacial score (nSPS) is 10.8. The number of rotatable bonds is 4. The summed E-state index contributed by atoms with van der Waals surface area (Å²) < 4.78 is 12.9. The number of hydrogen-bond donors (Lipinski definition) is 0. The predicted molar refractivity (Wildman–Crippen MR) is 72.9 cm³/mol. The van der Waals surface area contributed by atoms with E-state index in [1.807, 2.05) is 24.3 Å². The highest BCUT2D eigenvalue weighted by Gasteiger charge is 2.12. The van der Waals surface area contributed by atoms with E-state index < -0.39 is 0 Å². The minimum absolute atomic E-state index is 0.136. The highest BCUT2D eigenvalue weighted by molar-refractivity contribution is 5.56. The molecule has 0 aliphatic rings. The van der Waals surface area contributed by atoms with Gasteiger partial charge in [0.05, 0.1) is 7.11 Å². The van der Waals surface area contributed by atoms with Crippen molar-refractivity contribution in [3.63, 3.8) is 0 Å². The third kappa shape index (κ3) is 2.55. The summed E-state index contributed by atoms with van der Waals surface area (Å²) in [6.07, 6.45) is 1.43. The first-order chi connectivity index (χ1) is 10.2. The molecule has 8 heteroatoms. The van der Waals surface area contributed by atoms with Crippen LogP contribution in [-0.2, 0) is 13.6 Å². The van der Waals surface area contributed by atoms with Gasteiger partial charge < -0.3 is 9.26 Å². The van der Waals surface area contributed by atoms with Gasteiger partial charge in [0.25, 0.3) is 0 Å². The molecule has 0 bridgehead atoms. The third-order valence-corrected chi connectivity index (χ3v) is 2.97. The topological polar surface area (TPSA) is 88.0 Å². The summed E-state index contributed by atoms with van der Waals surface area (Å²) in [5, 5.41) is 7.84. The molecule has 0 saturated carbocycles. The van der Waals surface area contributed by atoms with Crippen molar-refractivity contribution in [2.45, 2.75) is 6.54 Å². The van der Waals surface area contributed by atoms with Crippen LogP contribution in [0.3, 0.4) is 0 Å². The second kappa shape index (κ2) is 5.23. The molecule has 0 aliphatic carbocycles. The van der Waals surface area contributed by atoms with Crippen LogP contribution in [-0.4, -0.2) is 31.6 Å². The molecule has 2 heterocycles. The lowest BCUT2D eigenvalue weighted by Crippen LogP contribution is -2.23. The summed E-state index contributed by atoms with van der Waals surface area (Å²) in [4.78, 5) is 15.9. The Morgan fingerprint density at radius 3 is 2.95 bits per heavy atom. The number of aromatic nitrogens is 5. The molecule has 0 fully saturated rings. The summed E-state index contributed by atoms with van der Waals surface area (Å²) in [6, 6.07) is 7.33. The van der Waals surface area contributed by atoms with Crippen LogP contribution in [0.4, 0.5) is 0 Å². The van der Waals surface area contributed by atoms with E-state index >= 15 is 0 Å². The Balaban J connectivity index is 1.86. The van der Waals surface area contributed by atoms with Gasteiger partial charge in [0, 0.05) is 12.6 Å². The average Bonchev–Trinajstić information content (AvgIpc) is 3.10. The number of methoxy groups -OCH3 is 1. The molecule has 0 atom stereocenters. The maximum absolute atomic E-state index is 11.7.